The first kappa shape index (κ1) is 12.4. The van der Waals surface area contributed by atoms with Crippen molar-refractivity contribution in [1.82, 2.24) is 0 Å². The highest BCUT2D eigenvalue weighted by atomic mass is 32.2. The molecule has 0 saturated carbocycles. The maximum atomic E-state index is 13.1. The van der Waals surface area contributed by atoms with Crippen LogP contribution < -0.4 is 0 Å². The Labute approximate surface area is 128 Å². The minimum atomic E-state index is -3.52. The second-order valence-corrected chi connectivity index (χ2v) is 7.57. The fourth-order valence-electron chi connectivity index (χ4n) is 3.65. The topological polar surface area (TPSA) is 43.4 Å². The maximum Gasteiger partial charge on any atom is 0.207 e. The zero-order valence-electron chi connectivity index (χ0n) is 11.6. The van der Waals surface area contributed by atoms with Crippen LogP contribution in [0.15, 0.2) is 70.5 Å². The molecule has 108 valence electrons. The maximum absolute atomic E-state index is 13.1. The predicted octanol–water partition coefficient (Wildman–Crippen LogP) is 3.08. The molecule has 4 heteroatoms. The summed E-state index contributed by atoms with van der Waals surface area (Å²) in [7, 11) is -3.52. The van der Waals surface area contributed by atoms with Crippen LogP contribution in [0.1, 0.15) is 11.1 Å². The van der Waals surface area contributed by atoms with Crippen molar-refractivity contribution in [1.29, 1.82) is 0 Å². The van der Waals surface area contributed by atoms with Crippen LogP contribution in [0, 0.1) is 0 Å². The van der Waals surface area contributed by atoms with Gasteiger partial charge in [0.25, 0.3) is 0 Å². The summed E-state index contributed by atoms with van der Waals surface area (Å²) in [5, 5.41) is 0. The summed E-state index contributed by atoms with van der Waals surface area (Å²) in [5.41, 5.74) is 3.53. The van der Waals surface area contributed by atoms with Gasteiger partial charge in [0.2, 0.25) is 9.84 Å². The smallest absolute Gasteiger partial charge is 0.207 e. The fraction of sp³-hybridized carbons (Fsp3) is 0.111. The van der Waals surface area contributed by atoms with Gasteiger partial charge in [0.1, 0.15) is 12.2 Å². The minimum absolute atomic E-state index is 0.150. The molecule has 0 fully saturated rings. The molecular formula is C18H12O3S. The molecule has 3 aliphatic rings. The molecule has 0 unspecified atom stereocenters. The zero-order chi connectivity index (χ0) is 14.9. The quantitative estimate of drug-likeness (QED) is 0.703. The Balaban J connectivity index is 1.99. The van der Waals surface area contributed by atoms with Crippen LogP contribution in [0.2, 0.25) is 0 Å². The van der Waals surface area contributed by atoms with Crippen molar-refractivity contribution in [3.05, 3.63) is 71.8 Å². The number of hydrogen-bond acceptors (Lipinski definition) is 3. The van der Waals surface area contributed by atoms with Crippen molar-refractivity contribution >= 4 is 21.0 Å². The van der Waals surface area contributed by atoms with Gasteiger partial charge in [-0.15, -0.1) is 0 Å². The van der Waals surface area contributed by atoms with E-state index in [1.165, 1.54) is 0 Å². The standard InChI is InChI=1S/C18H12O3S/c19-22(20)15-7-3-1-5-11(15)17-13-9-10-14(21-13)18(17)12-6-2-4-8-16(12)22/h1-10,13-14H/t13-,14+. The monoisotopic (exact) mass is 308 g/mol. The van der Waals surface area contributed by atoms with Gasteiger partial charge in [0, 0.05) is 0 Å². The first-order valence-electron chi connectivity index (χ1n) is 7.20. The molecule has 0 spiro atoms. The molecule has 0 radical (unpaired) electrons. The predicted molar refractivity (Wildman–Crippen MR) is 83.0 cm³/mol. The van der Waals surface area contributed by atoms with E-state index in [1.54, 1.807) is 24.3 Å². The van der Waals surface area contributed by atoms with E-state index in [4.69, 9.17) is 4.74 Å². The van der Waals surface area contributed by atoms with Gasteiger partial charge < -0.3 is 4.74 Å². The van der Waals surface area contributed by atoms with Crippen LogP contribution in [0.3, 0.4) is 0 Å². The Morgan fingerprint density at radius 3 is 1.68 bits per heavy atom. The second kappa shape index (κ2) is 3.97. The Kier molecular flexibility index (Phi) is 2.23. The van der Waals surface area contributed by atoms with E-state index < -0.39 is 9.84 Å². The Morgan fingerprint density at radius 1 is 0.727 bits per heavy atom. The van der Waals surface area contributed by atoms with Gasteiger partial charge in [-0.05, 0) is 34.4 Å². The molecule has 2 atom stereocenters. The van der Waals surface area contributed by atoms with Crippen LogP contribution in [-0.2, 0) is 14.6 Å². The van der Waals surface area contributed by atoms with Crippen LogP contribution in [0.25, 0.3) is 11.1 Å². The molecule has 0 aromatic heterocycles. The Hall–Kier alpha value is -2.17. The van der Waals surface area contributed by atoms with Crippen molar-refractivity contribution in [3.63, 3.8) is 0 Å². The van der Waals surface area contributed by atoms with E-state index in [0.29, 0.717) is 9.79 Å². The molecule has 0 aliphatic carbocycles. The van der Waals surface area contributed by atoms with Gasteiger partial charge in [-0.2, -0.15) is 0 Å². The van der Waals surface area contributed by atoms with Gasteiger partial charge >= 0.3 is 0 Å². The highest BCUT2D eigenvalue weighted by Crippen LogP contribution is 2.50. The van der Waals surface area contributed by atoms with Crippen molar-refractivity contribution < 1.29 is 13.2 Å². The highest BCUT2D eigenvalue weighted by molar-refractivity contribution is 7.91. The number of rotatable bonds is 0. The van der Waals surface area contributed by atoms with Crippen LogP contribution >= 0.6 is 0 Å². The molecule has 0 N–H and O–H groups in total. The minimum Gasteiger partial charge on any atom is -0.357 e. The van der Waals surface area contributed by atoms with E-state index in [0.717, 1.165) is 22.3 Å². The average Bonchev–Trinajstić information content (AvgIpc) is 3.13. The number of hydrogen-bond donors (Lipinski definition) is 0. The SMILES string of the molecule is O=S1(=O)c2ccccc2C2=C(c3ccccc31)[C@H]1C=C[C@@H]2O1. The lowest BCUT2D eigenvalue weighted by Gasteiger charge is -2.13. The summed E-state index contributed by atoms with van der Waals surface area (Å²) in [4.78, 5) is 0.744. The molecule has 3 heterocycles. The van der Waals surface area contributed by atoms with E-state index in [9.17, 15) is 8.42 Å². The lowest BCUT2D eigenvalue weighted by Crippen LogP contribution is -2.10. The van der Waals surface area contributed by atoms with Gasteiger partial charge in [0.05, 0.1) is 9.79 Å². The summed E-state index contributed by atoms with van der Waals surface area (Å²) < 4.78 is 32.2. The summed E-state index contributed by atoms with van der Waals surface area (Å²) >= 11 is 0. The van der Waals surface area contributed by atoms with Crippen molar-refractivity contribution in [2.24, 2.45) is 0 Å². The molecule has 2 aromatic rings. The highest BCUT2D eigenvalue weighted by Gasteiger charge is 2.43. The molecule has 0 amide bonds. The summed E-state index contributed by atoms with van der Waals surface area (Å²) in [6.07, 6.45) is 3.73. The summed E-state index contributed by atoms with van der Waals surface area (Å²) in [6, 6.07) is 14.4. The number of benzene rings is 2. The largest absolute Gasteiger partial charge is 0.357 e. The second-order valence-electron chi connectivity index (χ2n) is 5.69. The third kappa shape index (κ3) is 1.36. The Morgan fingerprint density at radius 2 is 1.18 bits per heavy atom. The third-order valence-electron chi connectivity index (χ3n) is 4.55. The Bertz CT molecular complexity index is 911. The molecule has 0 saturated heterocycles. The molecular weight excluding hydrogens is 296 g/mol. The number of sulfone groups is 1. The van der Waals surface area contributed by atoms with Crippen LogP contribution in [0.4, 0.5) is 0 Å². The van der Waals surface area contributed by atoms with Gasteiger partial charge in [-0.3, -0.25) is 0 Å². The van der Waals surface area contributed by atoms with Gasteiger partial charge in [-0.25, -0.2) is 8.42 Å². The van der Waals surface area contributed by atoms with Crippen molar-refractivity contribution in [3.8, 4) is 0 Å². The molecule has 22 heavy (non-hydrogen) atoms. The van der Waals surface area contributed by atoms with E-state index in [-0.39, 0.29) is 12.2 Å². The average molecular weight is 308 g/mol. The lowest BCUT2D eigenvalue weighted by molar-refractivity contribution is 0.143. The molecule has 3 aliphatic heterocycles. The van der Waals surface area contributed by atoms with E-state index >= 15 is 0 Å². The summed E-state index contributed by atoms with van der Waals surface area (Å²) in [6.45, 7) is 0. The first-order chi connectivity index (χ1) is 10.7. The van der Waals surface area contributed by atoms with Gasteiger partial charge in [-0.1, -0.05) is 48.6 Å². The van der Waals surface area contributed by atoms with Crippen LogP contribution in [-0.4, -0.2) is 20.6 Å². The molecule has 5 rings (SSSR count). The molecule has 2 aromatic carbocycles. The van der Waals surface area contributed by atoms with E-state index in [1.807, 2.05) is 36.4 Å². The molecule has 3 nitrogen and oxygen atoms in total. The zero-order valence-corrected chi connectivity index (χ0v) is 12.4. The number of fused-ring (bicyclic) bond motifs is 8. The lowest BCUT2D eigenvalue weighted by atomic mass is 9.87. The third-order valence-corrected chi connectivity index (χ3v) is 6.42. The van der Waals surface area contributed by atoms with Crippen molar-refractivity contribution in [2.75, 3.05) is 0 Å². The fourth-order valence-corrected chi connectivity index (χ4v) is 5.34. The van der Waals surface area contributed by atoms with Crippen molar-refractivity contribution in [2.45, 2.75) is 22.0 Å². The first-order valence-corrected chi connectivity index (χ1v) is 8.68. The van der Waals surface area contributed by atoms with E-state index in [2.05, 4.69) is 0 Å². The van der Waals surface area contributed by atoms with Crippen LogP contribution in [0.5, 0.6) is 0 Å². The number of ether oxygens (including phenoxy) is 1. The normalized spacial score (nSPS) is 26.4. The molecule has 2 bridgehead atoms. The summed E-state index contributed by atoms with van der Waals surface area (Å²) in [5.74, 6) is 0. The van der Waals surface area contributed by atoms with Gasteiger partial charge in [0.15, 0.2) is 0 Å².